The lowest BCUT2D eigenvalue weighted by Gasteiger charge is -2.24. The fraction of sp³-hybridized carbons (Fsp3) is 0.333. The summed E-state index contributed by atoms with van der Waals surface area (Å²) in [5.74, 6) is 0.890. The largest absolute Gasteiger partial charge is 0.496 e. The van der Waals surface area contributed by atoms with Crippen molar-refractivity contribution in [1.29, 1.82) is 0 Å². The zero-order chi connectivity index (χ0) is 15.1. The standard InChI is InChI=1S/C18H23NO2/c1-15(20)12-19(13-16-8-4-3-5-9-16)14-17-10-6-7-11-18(17)21-2/h3-11,15,20H,12-14H2,1-2H3. The minimum atomic E-state index is -0.358. The number of nitrogens with zero attached hydrogens (tertiary/aromatic N) is 1. The maximum Gasteiger partial charge on any atom is 0.123 e. The van der Waals surface area contributed by atoms with Crippen LogP contribution in [0.15, 0.2) is 54.6 Å². The average molecular weight is 285 g/mol. The monoisotopic (exact) mass is 285 g/mol. The molecular formula is C18H23NO2. The van der Waals surface area contributed by atoms with Gasteiger partial charge in [0.05, 0.1) is 13.2 Å². The number of aliphatic hydroxyl groups excluding tert-OH is 1. The minimum absolute atomic E-state index is 0.358. The first-order valence-corrected chi connectivity index (χ1v) is 7.25. The summed E-state index contributed by atoms with van der Waals surface area (Å²) in [6.07, 6.45) is -0.358. The maximum atomic E-state index is 9.73. The molecule has 0 aromatic heterocycles. The molecule has 3 nitrogen and oxygen atoms in total. The predicted octanol–water partition coefficient (Wildman–Crippen LogP) is 3.08. The molecule has 112 valence electrons. The Hall–Kier alpha value is -1.84. The number of methoxy groups -OCH3 is 1. The van der Waals surface area contributed by atoms with Gasteiger partial charge in [-0.1, -0.05) is 48.5 Å². The third kappa shape index (κ3) is 4.88. The van der Waals surface area contributed by atoms with Gasteiger partial charge >= 0.3 is 0 Å². The Morgan fingerprint density at radius 1 is 1.00 bits per heavy atom. The van der Waals surface area contributed by atoms with E-state index in [9.17, 15) is 5.11 Å². The lowest BCUT2D eigenvalue weighted by Crippen LogP contribution is -2.30. The molecule has 0 aliphatic carbocycles. The molecule has 2 rings (SSSR count). The van der Waals surface area contributed by atoms with Gasteiger partial charge in [0.2, 0.25) is 0 Å². The summed E-state index contributed by atoms with van der Waals surface area (Å²) in [7, 11) is 1.69. The van der Waals surface area contributed by atoms with Crippen molar-refractivity contribution in [2.45, 2.75) is 26.1 Å². The predicted molar refractivity (Wildman–Crippen MR) is 85.2 cm³/mol. The van der Waals surface area contributed by atoms with Crippen LogP contribution in [0.1, 0.15) is 18.1 Å². The highest BCUT2D eigenvalue weighted by Crippen LogP contribution is 2.20. The van der Waals surface area contributed by atoms with Crippen molar-refractivity contribution in [3.63, 3.8) is 0 Å². The van der Waals surface area contributed by atoms with Gasteiger partial charge in [-0.3, -0.25) is 4.90 Å². The smallest absolute Gasteiger partial charge is 0.123 e. The first-order valence-electron chi connectivity index (χ1n) is 7.25. The molecule has 0 heterocycles. The summed E-state index contributed by atoms with van der Waals surface area (Å²) in [4.78, 5) is 2.23. The van der Waals surface area contributed by atoms with Crippen molar-refractivity contribution < 1.29 is 9.84 Å². The SMILES string of the molecule is COc1ccccc1CN(Cc1ccccc1)CC(C)O. The summed E-state index contributed by atoms with van der Waals surface area (Å²) in [6, 6.07) is 18.3. The molecule has 0 amide bonds. The third-order valence-corrected chi connectivity index (χ3v) is 3.36. The van der Waals surface area contributed by atoms with Crippen LogP contribution < -0.4 is 4.74 Å². The highest BCUT2D eigenvalue weighted by molar-refractivity contribution is 5.33. The Labute approximate surface area is 126 Å². The third-order valence-electron chi connectivity index (χ3n) is 3.36. The van der Waals surface area contributed by atoms with Crippen molar-refractivity contribution in [3.05, 3.63) is 65.7 Å². The molecule has 0 fully saturated rings. The lowest BCUT2D eigenvalue weighted by molar-refractivity contribution is 0.117. The quantitative estimate of drug-likeness (QED) is 0.848. The van der Waals surface area contributed by atoms with E-state index in [0.717, 1.165) is 24.4 Å². The van der Waals surface area contributed by atoms with Crippen LogP contribution in [0, 0.1) is 0 Å². The molecule has 21 heavy (non-hydrogen) atoms. The van der Waals surface area contributed by atoms with E-state index in [2.05, 4.69) is 23.1 Å². The second-order valence-electron chi connectivity index (χ2n) is 5.32. The van der Waals surface area contributed by atoms with Gasteiger partial charge in [0.25, 0.3) is 0 Å². The Morgan fingerprint density at radius 2 is 1.67 bits per heavy atom. The molecular weight excluding hydrogens is 262 g/mol. The van der Waals surface area contributed by atoms with Crippen molar-refractivity contribution in [2.75, 3.05) is 13.7 Å². The van der Waals surface area contributed by atoms with Crippen LogP contribution in [-0.2, 0) is 13.1 Å². The van der Waals surface area contributed by atoms with Crippen molar-refractivity contribution in [2.24, 2.45) is 0 Å². The van der Waals surface area contributed by atoms with E-state index in [1.165, 1.54) is 5.56 Å². The van der Waals surface area contributed by atoms with E-state index in [0.29, 0.717) is 6.54 Å². The molecule has 1 unspecified atom stereocenters. The maximum absolute atomic E-state index is 9.73. The van der Waals surface area contributed by atoms with Gasteiger partial charge in [0.1, 0.15) is 5.75 Å². The molecule has 0 aliphatic rings. The number of ether oxygens (including phenoxy) is 1. The Kier molecular flexibility index (Phi) is 5.78. The summed E-state index contributed by atoms with van der Waals surface area (Å²) in [5, 5.41) is 9.73. The molecule has 0 spiro atoms. The van der Waals surface area contributed by atoms with Crippen LogP contribution in [0.4, 0.5) is 0 Å². The number of benzene rings is 2. The molecule has 0 bridgehead atoms. The fourth-order valence-electron chi connectivity index (χ4n) is 2.47. The number of para-hydroxylation sites is 1. The molecule has 1 N–H and O–H groups in total. The molecule has 2 aromatic rings. The second-order valence-corrected chi connectivity index (χ2v) is 5.32. The second kappa shape index (κ2) is 7.81. The van der Waals surface area contributed by atoms with E-state index in [-0.39, 0.29) is 6.10 Å². The van der Waals surface area contributed by atoms with Gasteiger partial charge in [-0.15, -0.1) is 0 Å². The zero-order valence-electron chi connectivity index (χ0n) is 12.7. The molecule has 2 aromatic carbocycles. The highest BCUT2D eigenvalue weighted by Gasteiger charge is 2.12. The molecule has 3 heteroatoms. The minimum Gasteiger partial charge on any atom is -0.496 e. The van der Waals surface area contributed by atoms with Gasteiger partial charge in [0, 0.05) is 25.2 Å². The Morgan fingerprint density at radius 3 is 2.33 bits per heavy atom. The normalized spacial score (nSPS) is 12.4. The van der Waals surface area contributed by atoms with Crippen LogP contribution in [0.3, 0.4) is 0 Å². The number of aliphatic hydroxyl groups is 1. The molecule has 0 saturated heterocycles. The average Bonchev–Trinajstić information content (AvgIpc) is 2.48. The first kappa shape index (κ1) is 15.5. The molecule has 0 aliphatic heterocycles. The summed E-state index contributed by atoms with van der Waals surface area (Å²) in [6.45, 7) is 4.01. The van der Waals surface area contributed by atoms with Crippen LogP contribution in [-0.4, -0.2) is 29.8 Å². The van der Waals surface area contributed by atoms with Gasteiger partial charge in [0.15, 0.2) is 0 Å². The first-order chi connectivity index (χ1) is 10.2. The van der Waals surface area contributed by atoms with Gasteiger partial charge in [-0.25, -0.2) is 0 Å². The van der Waals surface area contributed by atoms with E-state index < -0.39 is 0 Å². The molecule has 0 radical (unpaired) electrons. The van der Waals surface area contributed by atoms with Crippen LogP contribution in [0.2, 0.25) is 0 Å². The van der Waals surface area contributed by atoms with Gasteiger partial charge in [-0.2, -0.15) is 0 Å². The number of rotatable bonds is 7. The fourth-order valence-corrected chi connectivity index (χ4v) is 2.47. The Bertz CT molecular complexity index is 540. The highest BCUT2D eigenvalue weighted by atomic mass is 16.5. The number of hydrogen-bond donors (Lipinski definition) is 1. The number of hydrogen-bond acceptors (Lipinski definition) is 3. The summed E-state index contributed by atoms with van der Waals surface area (Å²) < 4.78 is 5.41. The van der Waals surface area contributed by atoms with Crippen molar-refractivity contribution >= 4 is 0 Å². The molecule has 0 saturated carbocycles. The van der Waals surface area contributed by atoms with E-state index >= 15 is 0 Å². The molecule has 1 atom stereocenters. The van der Waals surface area contributed by atoms with Crippen LogP contribution >= 0.6 is 0 Å². The van der Waals surface area contributed by atoms with E-state index in [1.807, 2.05) is 43.3 Å². The van der Waals surface area contributed by atoms with Gasteiger partial charge < -0.3 is 9.84 Å². The zero-order valence-corrected chi connectivity index (χ0v) is 12.7. The van der Waals surface area contributed by atoms with Crippen molar-refractivity contribution in [1.82, 2.24) is 4.90 Å². The van der Waals surface area contributed by atoms with Crippen LogP contribution in [0.5, 0.6) is 5.75 Å². The summed E-state index contributed by atoms with van der Waals surface area (Å²) in [5.41, 5.74) is 2.38. The lowest BCUT2D eigenvalue weighted by atomic mass is 10.1. The summed E-state index contributed by atoms with van der Waals surface area (Å²) >= 11 is 0. The topological polar surface area (TPSA) is 32.7 Å². The van der Waals surface area contributed by atoms with Crippen molar-refractivity contribution in [3.8, 4) is 5.75 Å². The van der Waals surface area contributed by atoms with E-state index in [1.54, 1.807) is 7.11 Å². The Balaban J connectivity index is 2.12. The van der Waals surface area contributed by atoms with E-state index in [4.69, 9.17) is 4.74 Å². The van der Waals surface area contributed by atoms with Gasteiger partial charge in [-0.05, 0) is 18.6 Å². The van der Waals surface area contributed by atoms with Crippen LogP contribution in [0.25, 0.3) is 0 Å².